The number of nitrogens with zero attached hydrogens (tertiary/aromatic N) is 1. The molecule has 0 radical (unpaired) electrons. The van der Waals surface area contributed by atoms with Crippen molar-refractivity contribution in [2.75, 3.05) is 13.1 Å². The summed E-state index contributed by atoms with van der Waals surface area (Å²) in [5, 5.41) is 0. The molecule has 0 amide bonds. The van der Waals surface area contributed by atoms with Gasteiger partial charge in [-0.15, -0.1) is 0 Å². The molecule has 1 saturated carbocycles. The Bertz CT molecular complexity index is 1200. The van der Waals surface area contributed by atoms with Gasteiger partial charge in [0.25, 0.3) is 0 Å². The number of rotatable bonds is 7. The smallest absolute Gasteiger partial charge is 0.416 e. The molecule has 2 aromatic rings. The summed E-state index contributed by atoms with van der Waals surface area (Å²) in [6.07, 6.45) is -8.97. The summed E-state index contributed by atoms with van der Waals surface area (Å²) in [6, 6.07) is 6.94. The first-order valence-electron chi connectivity index (χ1n) is 14.1. The Morgan fingerprint density at radius 1 is 0.929 bits per heavy atom. The second kappa shape index (κ2) is 12.1. The number of esters is 1. The maximum Gasteiger partial charge on any atom is 0.416 e. The second-order valence-electron chi connectivity index (χ2n) is 12.3. The van der Waals surface area contributed by atoms with Gasteiger partial charge in [0.15, 0.2) is 0 Å². The number of halogens is 7. The molecule has 42 heavy (non-hydrogen) atoms. The van der Waals surface area contributed by atoms with Gasteiger partial charge in [0.05, 0.1) is 23.3 Å². The zero-order chi connectivity index (χ0) is 31.0. The van der Waals surface area contributed by atoms with Gasteiger partial charge >= 0.3 is 18.3 Å². The molecular formula is C31H36F7NO3. The van der Waals surface area contributed by atoms with E-state index in [0.717, 1.165) is 12.0 Å². The average molecular weight is 604 g/mol. The Hall–Kier alpha value is -2.66. The summed E-state index contributed by atoms with van der Waals surface area (Å²) in [5.41, 5.74) is -2.92. The van der Waals surface area contributed by atoms with Gasteiger partial charge in [-0.05, 0) is 107 Å². The first-order valence-corrected chi connectivity index (χ1v) is 14.1. The van der Waals surface area contributed by atoms with Crippen LogP contribution in [0.4, 0.5) is 30.7 Å². The molecule has 2 fully saturated rings. The molecule has 1 saturated heterocycles. The molecule has 5 unspecified atom stereocenters. The number of carbonyl (C=O) groups excluding carboxylic acids is 1. The topological polar surface area (TPSA) is 38.8 Å². The van der Waals surface area contributed by atoms with Crippen molar-refractivity contribution in [1.29, 1.82) is 0 Å². The van der Waals surface area contributed by atoms with Crippen LogP contribution >= 0.6 is 0 Å². The molecule has 5 atom stereocenters. The summed E-state index contributed by atoms with van der Waals surface area (Å²) in [7, 11) is 0. The van der Waals surface area contributed by atoms with E-state index in [2.05, 4.69) is 4.90 Å². The van der Waals surface area contributed by atoms with Gasteiger partial charge in [-0.1, -0.05) is 12.1 Å². The number of carbonyl (C=O) groups is 1. The minimum atomic E-state index is -4.97. The van der Waals surface area contributed by atoms with Crippen molar-refractivity contribution in [2.24, 2.45) is 5.92 Å². The van der Waals surface area contributed by atoms with Gasteiger partial charge in [0.1, 0.15) is 17.5 Å². The predicted molar refractivity (Wildman–Crippen MR) is 142 cm³/mol. The lowest BCUT2D eigenvalue weighted by Gasteiger charge is -2.33. The van der Waals surface area contributed by atoms with Crippen LogP contribution in [0.15, 0.2) is 42.5 Å². The summed E-state index contributed by atoms with van der Waals surface area (Å²) < 4.78 is 106. The number of hydrogen-bond donors (Lipinski definition) is 0. The lowest BCUT2D eigenvalue weighted by atomic mass is 9.86. The normalized spacial score (nSPS) is 24.6. The first kappa shape index (κ1) is 32.3. The van der Waals surface area contributed by atoms with Gasteiger partial charge in [0, 0.05) is 12.5 Å². The molecule has 232 valence electrons. The van der Waals surface area contributed by atoms with Crippen molar-refractivity contribution < 1.29 is 45.0 Å². The van der Waals surface area contributed by atoms with E-state index in [1.54, 1.807) is 32.9 Å². The summed E-state index contributed by atoms with van der Waals surface area (Å²) >= 11 is 0. The van der Waals surface area contributed by atoms with Gasteiger partial charge < -0.3 is 9.47 Å². The maximum absolute atomic E-state index is 13.8. The number of ether oxygens (including phenoxy) is 2. The van der Waals surface area contributed by atoms with Gasteiger partial charge in [0.2, 0.25) is 0 Å². The Morgan fingerprint density at radius 3 is 2.07 bits per heavy atom. The van der Waals surface area contributed by atoms with Crippen LogP contribution in [0.5, 0.6) is 0 Å². The summed E-state index contributed by atoms with van der Waals surface area (Å²) in [6.45, 7) is 8.04. The fourth-order valence-electron chi connectivity index (χ4n) is 6.11. The maximum atomic E-state index is 13.8. The Kier molecular flexibility index (Phi) is 9.33. The van der Waals surface area contributed by atoms with Crippen LogP contribution in [0, 0.1) is 11.7 Å². The molecule has 1 heterocycles. The quantitative estimate of drug-likeness (QED) is 0.236. The van der Waals surface area contributed by atoms with E-state index < -0.39 is 53.1 Å². The van der Waals surface area contributed by atoms with Gasteiger partial charge in [-0.25, -0.2) is 4.39 Å². The molecule has 2 aliphatic rings. The Balaban J connectivity index is 1.59. The molecule has 0 aromatic heterocycles. The monoisotopic (exact) mass is 603 g/mol. The highest BCUT2D eigenvalue weighted by molar-refractivity contribution is 5.76. The van der Waals surface area contributed by atoms with Crippen LogP contribution in [0.25, 0.3) is 0 Å². The van der Waals surface area contributed by atoms with Crippen LogP contribution in [0.1, 0.15) is 87.7 Å². The molecule has 1 aliphatic heterocycles. The second-order valence-corrected chi connectivity index (χ2v) is 12.3. The molecule has 0 spiro atoms. The first-order chi connectivity index (χ1) is 19.4. The molecule has 0 N–H and O–H groups in total. The van der Waals surface area contributed by atoms with E-state index in [1.807, 2.05) is 0 Å². The highest BCUT2D eigenvalue weighted by Gasteiger charge is 2.43. The lowest BCUT2D eigenvalue weighted by Crippen LogP contribution is -2.43. The number of alkyl halides is 6. The van der Waals surface area contributed by atoms with Crippen LogP contribution in [0.2, 0.25) is 0 Å². The van der Waals surface area contributed by atoms with E-state index in [1.165, 1.54) is 19.1 Å². The molecule has 4 nitrogen and oxygen atoms in total. The number of hydrogen-bond acceptors (Lipinski definition) is 4. The summed E-state index contributed by atoms with van der Waals surface area (Å²) in [4.78, 5) is 15.0. The SMILES string of the molecule is CC(OC1CCC(CN2CCCC2C(=O)OC(C)(C)C)C1c1ccc(F)cc1)c1cc(C(F)(F)F)cc(C(F)(F)F)c1. The highest BCUT2D eigenvalue weighted by atomic mass is 19.4. The van der Waals surface area contributed by atoms with Crippen LogP contribution in [-0.4, -0.2) is 41.7 Å². The molecule has 11 heteroatoms. The van der Waals surface area contributed by atoms with Crippen LogP contribution in [-0.2, 0) is 26.6 Å². The highest BCUT2D eigenvalue weighted by Crippen LogP contribution is 2.45. The van der Waals surface area contributed by atoms with E-state index in [-0.39, 0.29) is 29.4 Å². The van der Waals surface area contributed by atoms with Gasteiger partial charge in [-0.2, -0.15) is 26.3 Å². The van der Waals surface area contributed by atoms with E-state index in [4.69, 9.17) is 9.47 Å². The number of likely N-dealkylation sites (tertiary alicyclic amines) is 1. The van der Waals surface area contributed by atoms with E-state index in [9.17, 15) is 35.5 Å². The van der Waals surface area contributed by atoms with Crippen molar-refractivity contribution >= 4 is 5.97 Å². The molecule has 0 bridgehead atoms. The molecule has 4 rings (SSSR count). The fraction of sp³-hybridized carbons (Fsp3) is 0.581. The van der Waals surface area contributed by atoms with Crippen LogP contribution in [0.3, 0.4) is 0 Å². The van der Waals surface area contributed by atoms with E-state index >= 15 is 0 Å². The average Bonchev–Trinajstić information content (AvgIpc) is 3.49. The Morgan fingerprint density at radius 2 is 1.52 bits per heavy atom. The largest absolute Gasteiger partial charge is 0.459 e. The third-order valence-corrected chi connectivity index (χ3v) is 7.96. The Labute approximate surface area is 241 Å². The molecular weight excluding hydrogens is 567 g/mol. The minimum Gasteiger partial charge on any atom is -0.459 e. The third kappa shape index (κ3) is 7.83. The predicted octanol–water partition coefficient (Wildman–Crippen LogP) is 8.31. The molecule has 2 aromatic carbocycles. The van der Waals surface area contributed by atoms with Crippen molar-refractivity contribution in [2.45, 2.75) is 95.5 Å². The van der Waals surface area contributed by atoms with Gasteiger partial charge in [-0.3, -0.25) is 9.69 Å². The standard InChI is InChI=1S/C31H36F7NO3/c1-18(21-14-22(30(33,34)35)16-23(15-21)31(36,37)38)41-26-12-9-20(27(26)19-7-10-24(32)11-8-19)17-39-13-5-6-25(39)28(40)42-29(2,3)4/h7-8,10-11,14-16,18,20,25-27H,5-6,9,12-13,17H2,1-4H3. The zero-order valence-electron chi connectivity index (χ0n) is 24.0. The molecule has 1 aliphatic carbocycles. The van der Waals surface area contributed by atoms with E-state index in [0.29, 0.717) is 44.5 Å². The van der Waals surface area contributed by atoms with Crippen molar-refractivity contribution in [1.82, 2.24) is 4.90 Å². The van der Waals surface area contributed by atoms with Crippen molar-refractivity contribution in [3.63, 3.8) is 0 Å². The number of benzene rings is 2. The zero-order valence-corrected chi connectivity index (χ0v) is 24.0. The summed E-state index contributed by atoms with van der Waals surface area (Å²) in [5.74, 6) is -1.11. The minimum absolute atomic E-state index is 0.0528. The van der Waals surface area contributed by atoms with Crippen molar-refractivity contribution in [3.05, 3.63) is 70.5 Å². The third-order valence-electron chi connectivity index (χ3n) is 7.96. The lowest BCUT2D eigenvalue weighted by molar-refractivity contribution is -0.160. The fourth-order valence-corrected chi connectivity index (χ4v) is 6.11. The van der Waals surface area contributed by atoms with Crippen molar-refractivity contribution in [3.8, 4) is 0 Å². The van der Waals surface area contributed by atoms with Crippen LogP contribution < -0.4 is 0 Å².